The summed E-state index contributed by atoms with van der Waals surface area (Å²) in [5.74, 6) is -1.27. The maximum Gasteiger partial charge on any atom is 0.333 e. The monoisotopic (exact) mass is 364 g/mol. The lowest BCUT2D eigenvalue weighted by molar-refractivity contribution is -0.151. The predicted molar refractivity (Wildman–Crippen MR) is 93.9 cm³/mol. The van der Waals surface area contributed by atoms with Gasteiger partial charge >= 0.3 is 11.9 Å². The van der Waals surface area contributed by atoms with Crippen molar-refractivity contribution in [3.05, 3.63) is 23.3 Å². The molecule has 6 atom stereocenters. The molecule has 0 radical (unpaired) electrons. The van der Waals surface area contributed by atoms with Crippen molar-refractivity contribution >= 4 is 11.9 Å². The number of carboxylic acid groups (broad SMARTS) is 1. The van der Waals surface area contributed by atoms with Crippen LogP contribution in [0.5, 0.6) is 0 Å². The van der Waals surface area contributed by atoms with Gasteiger partial charge in [0, 0.05) is 22.6 Å². The Morgan fingerprint density at radius 1 is 1.35 bits per heavy atom. The van der Waals surface area contributed by atoms with E-state index in [0.29, 0.717) is 36.8 Å². The SMILES string of the molecule is C[C@H]1C[C@@H](O)[C@@]2(C)C(C(=O)O)=CCC[C@@H]2[C@@]1(C)CCC1=CC(=O)O[C@@H]1O. The van der Waals surface area contributed by atoms with E-state index in [1.165, 1.54) is 6.08 Å². The highest BCUT2D eigenvalue weighted by Crippen LogP contribution is 2.62. The Kier molecular flexibility index (Phi) is 4.78. The molecule has 6 heteroatoms. The van der Waals surface area contributed by atoms with E-state index in [9.17, 15) is 24.9 Å². The average Bonchev–Trinajstić information content (AvgIpc) is 2.88. The minimum absolute atomic E-state index is 0.0145. The molecule has 0 aromatic rings. The number of aliphatic hydroxyl groups excluding tert-OH is 2. The summed E-state index contributed by atoms with van der Waals surface area (Å²) in [5, 5.41) is 30.3. The quantitative estimate of drug-likeness (QED) is 0.662. The number of carbonyl (C=O) groups is 2. The second-order valence-corrected chi connectivity index (χ2v) is 8.50. The summed E-state index contributed by atoms with van der Waals surface area (Å²) in [4.78, 5) is 23.2. The van der Waals surface area contributed by atoms with Crippen LogP contribution in [-0.4, -0.2) is 39.7 Å². The van der Waals surface area contributed by atoms with E-state index in [2.05, 4.69) is 13.8 Å². The van der Waals surface area contributed by atoms with Crippen LogP contribution < -0.4 is 0 Å². The van der Waals surface area contributed by atoms with Crippen LogP contribution in [0.1, 0.15) is 52.9 Å². The molecule has 2 aliphatic carbocycles. The Labute approximate surface area is 153 Å². The standard InChI is InChI=1S/C20H28O6/c1-11-9-15(21)20(3)13(17(23)24)5-4-6-14(20)19(11,2)8-7-12-10-16(22)26-18(12)25/h5,10-11,14-15,18,21,25H,4,6-9H2,1-3H3,(H,23,24)/t11-,14+,15+,18-,19-,20-/m0/s1. The van der Waals surface area contributed by atoms with Gasteiger partial charge in [-0.15, -0.1) is 0 Å². The third kappa shape index (κ3) is 2.79. The summed E-state index contributed by atoms with van der Waals surface area (Å²) < 4.78 is 4.76. The zero-order chi connectivity index (χ0) is 19.3. The van der Waals surface area contributed by atoms with Crippen molar-refractivity contribution in [3.8, 4) is 0 Å². The fourth-order valence-corrected chi connectivity index (χ4v) is 5.51. The summed E-state index contributed by atoms with van der Waals surface area (Å²) >= 11 is 0. The highest BCUT2D eigenvalue weighted by Gasteiger charge is 2.59. The molecule has 0 spiro atoms. The molecular weight excluding hydrogens is 336 g/mol. The van der Waals surface area contributed by atoms with Gasteiger partial charge in [0.2, 0.25) is 6.29 Å². The molecular formula is C20H28O6. The number of aliphatic hydroxyl groups is 2. The molecule has 0 saturated heterocycles. The van der Waals surface area contributed by atoms with Crippen molar-refractivity contribution in [2.75, 3.05) is 0 Å². The van der Waals surface area contributed by atoms with Crippen LogP contribution in [0.3, 0.4) is 0 Å². The first-order valence-electron chi connectivity index (χ1n) is 9.31. The van der Waals surface area contributed by atoms with Crippen molar-refractivity contribution in [1.29, 1.82) is 0 Å². The van der Waals surface area contributed by atoms with Crippen LogP contribution in [-0.2, 0) is 14.3 Å². The maximum atomic E-state index is 11.8. The molecule has 0 aromatic carbocycles. The number of rotatable bonds is 4. The van der Waals surface area contributed by atoms with Crippen LogP contribution >= 0.6 is 0 Å². The third-order valence-corrected chi connectivity index (χ3v) is 7.33. The van der Waals surface area contributed by atoms with Gasteiger partial charge in [-0.2, -0.15) is 0 Å². The van der Waals surface area contributed by atoms with Gasteiger partial charge < -0.3 is 20.1 Å². The number of hydrogen-bond donors (Lipinski definition) is 3. The number of fused-ring (bicyclic) bond motifs is 1. The van der Waals surface area contributed by atoms with Gasteiger partial charge in [-0.1, -0.05) is 26.8 Å². The Bertz CT molecular complexity index is 680. The van der Waals surface area contributed by atoms with Crippen molar-refractivity contribution in [2.24, 2.45) is 22.7 Å². The fourth-order valence-electron chi connectivity index (χ4n) is 5.51. The zero-order valence-electron chi connectivity index (χ0n) is 15.6. The Morgan fingerprint density at radius 2 is 2.04 bits per heavy atom. The normalized spacial score (nSPS) is 42.6. The number of esters is 1. The van der Waals surface area contributed by atoms with Gasteiger partial charge in [-0.25, -0.2) is 9.59 Å². The number of aliphatic carboxylic acids is 1. The lowest BCUT2D eigenvalue weighted by Gasteiger charge is -2.59. The molecule has 1 fully saturated rings. The minimum Gasteiger partial charge on any atom is -0.478 e. The number of ether oxygens (including phenoxy) is 1. The molecule has 1 saturated carbocycles. The van der Waals surface area contributed by atoms with E-state index in [0.717, 1.165) is 6.42 Å². The van der Waals surface area contributed by atoms with Crippen LogP contribution in [0.2, 0.25) is 0 Å². The summed E-state index contributed by atoms with van der Waals surface area (Å²) in [5.41, 5.74) is -0.116. The summed E-state index contributed by atoms with van der Waals surface area (Å²) in [6, 6.07) is 0. The number of carboxylic acids is 1. The first kappa shape index (κ1) is 19.1. The molecule has 144 valence electrons. The highest BCUT2D eigenvalue weighted by atomic mass is 16.6. The van der Waals surface area contributed by atoms with Crippen molar-refractivity contribution < 1.29 is 29.6 Å². The van der Waals surface area contributed by atoms with Gasteiger partial charge in [0.25, 0.3) is 0 Å². The summed E-state index contributed by atoms with van der Waals surface area (Å²) in [6.07, 6.45) is 4.49. The van der Waals surface area contributed by atoms with Crippen molar-refractivity contribution in [1.82, 2.24) is 0 Å². The van der Waals surface area contributed by atoms with Gasteiger partial charge in [0.15, 0.2) is 0 Å². The lowest BCUT2D eigenvalue weighted by Crippen LogP contribution is -2.57. The smallest absolute Gasteiger partial charge is 0.333 e. The number of cyclic esters (lactones) is 1. The maximum absolute atomic E-state index is 11.8. The number of allylic oxidation sites excluding steroid dienone is 1. The van der Waals surface area contributed by atoms with Crippen LogP contribution in [0.15, 0.2) is 23.3 Å². The predicted octanol–water partition coefficient (Wildman–Crippen LogP) is 2.40. The fraction of sp³-hybridized carbons (Fsp3) is 0.700. The van der Waals surface area contributed by atoms with Gasteiger partial charge in [0.1, 0.15) is 0 Å². The molecule has 3 aliphatic rings. The molecule has 1 aliphatic heterocycles. The Hall–Kier alpha value is -1.66. The highest BCUT2D eigenvalue weighted by molar-refractivity contribution is 5.88. The molecule has 1 heterocycles. The topological polar surface area (TPSA) is 104 Å². The molecule has 3 rings (SSSR count). The Morgan fingerprint density at radius 3 is 2.62 bits per heavy atom. The molecule has 6 nitrogen and oxygen atoms in total. The van der Waals surface area contributed by atoms with Crippen LogP contribution in [0.4, 0.5) is 0 Å². The van der Waals surface area contributed by atoms with Crippen LogP contribution in [0.25, 0.3) is 0 Å². The summed E-state index contributed by atoms with van der Waals surface area (Å²) in [6.45, 7) is 6.13. The number of carbonyl (C=O) groups excluding carboxylic acids is 1. The van der Waals surface area contributed by atoms with E-state index in [-0.39, 0.29) is 17.3 Å². The van der Waals surface area contributed by atoms with Crippen LogP contribution in [0, 0.1) is 22.7 Å². The van der Waals surface area contributed by atoms with Crippen molar-refractivity contribution in [3.63, 3.8) is 0 Å². The third-order valence-electron chi connectivity index (χ3n) is 7.33. The molecule has 26 heavy (non-hydrogen) atoms. The second kappa shape index (κ2) is 6.50. The summed E-state index contributed by atoms with van der Waals surface area (Å²) in [7, 11) is 0. The van der Waals surface area contributed by atoms with E-state index in [1.807, 2.05) is 6.92 Å². The first-order chi connectivity index (χ1) is 12.1. The molecule has 0 amide bonds. The van der Waals surface area contributed by atoms with Gasteiger partial charge in [-0.3, -0.25) is 0 Å². The molecule has 0 unspecified atom stereocenters. The average molecular weight is 364 g/mol. The van der Waals surface area contributed by atoms with E-state index in [1.54, 1.807) is 6.08 Å². The lowest BCUT2D eigenvalue weighted by atomic mass is 9.45. The first-order valence-corrected chi connectivity index (χ1v) is 9.31. The molecule has 0 bridgehead atoms. The van der Waals surface area contributed by atoms with Gasteiger partial charge in [0.05, 0.1) is 6.10 Å². The Balaban J connectivity index is 1.91. The van der Waals surface area contributed by atoms with Gasteiger partial charge in [-0.05, 0) is 49.4 Å². The second-order valence-electron chi connectivity index (χ2n) is 8.50. The molecule has 3 N–H and O–H groups in total. The number of hydrogen-bond acceptors (Lipinski definition) is 5. The van der Waals surface area contributed by atoms with E-state index in [4.69, 9.17) is 4.74 Å². The van der Waals surface area contributed by atoms with E-state index >= 15 is 0 Å². The largest absolute Gasteiger partial charge is 0.478 e. The van der Waals surface area contributed by atoms with Crippen molar-refractivity contribution in [2.45, 2.75) is 65.3 Å². The zero-order valence-corrected chi connectivity index (χ0v) is 15.6. The minimum atomic E-state index is -1.18. The van der Waals surface area contributed by atoms with E-state index < -0.39 is 29.7 Å². The molecule has 0 aromatic heterocycles.